The van der Waals surface area contributed by atoms with Gasteiger partial charge in [-0.25, -0.2) is 4.98 Å². The van der Waals surface area contributed by atoms with Crippen molar-refractivity contribution in [3.05, 3.63) is 40.7 Å². The van der Waals surface area contributed by atoms with E-state index in [0.29, 0.717) is 11.2 Å². The third-order valence-corrected chi connectivity index (χ3v) is 4.02. The molecule has 0 saturated heterocycles. The van der Waals surface area contributed by atoms with Gasteiger partial charge >= 0.3 is 0 Å². The minimum absolute atomic E-state index is 0.490. The Hall–Kier alpha value is -1.28. The Morgan fingerprint density at radius 3 is 3.00 bits per heavy atom. The normalized spacial score (nSPS) is 18.7. The summed E-state index contributed by atoms with van der Waals surface area (Å²) in [5.41, 5.74) is 3.62. The van der Waals surface area contributed by atoms with E-state index in [1.165, 1.54) is 24.1 Å². The van der Waals surface area contributed by atoms with Gasteiger partial charge in [-0.05, 0) is 39.2 Å². The highest BCUT2D eigenvalue weighted by Crippen LogP contribution is 2.35. The molecule has 18 heavy (non-hydrogen) atoms. The molecule has 3 heteroatoms. The van der Waals surface area contributed by atoms with Gasteiger partial charge in [0.1, 0.15) is 5.82 Å². The summed E-state index contributed by atoms with van der Waals surface area (Å²) in [5, 5.41) is 0.679. The molecule has 0 bridgehead atoms. The number of fused-ring (bicyclic) bond motifs is 1. The first-order chi connectivity index (χ1) is 8.66. The van der Waals surface area contributed by atoms with Crippen LogP contribution in [0.3, 0.4) is 0 Å². The van der Waals surface area contributed by atoms with Crippen molar-refractivity contribution < 1.29 is 0 Å². The summed E-state index contributed by atoms with van der Waals surface area (Å²) in [4.78, 5) is 4.58. The molecular weight excluding hydrogens is 244 g/mol. The predicted molar refractivity (Wildman–Crippen MR) is 75.1 cm³/mol. The van der Waals surface area contributed by atoms with Crippen molar-refractivity contribution in [3.63, 3.8) is 0 Å². The molecule has 0 N–H and O–H groups in total. The first-order valence-corrected chi connectivity index (χ1v) is 6.88. The van der Waals surface area contributed by atoms with Crippen molar-refractivity contribution in [2.75, 3.05) is 0 Å². The van der Waals surface area contributed by atoms with Crippen LogP contribution >= 0.6 is 11.6 Å². The fraction of sp³-hybridized carbons (Fsp3) is 0.400. The number of benzene rings is 1. The molecule has 1 aromatic carbocycles. The number of aromatic nitrogens is 2. The zero-order valence-electron chi connectivity index (χ0n) is 10.8. The molecule has 2 nitrogen and oxygen atoms in total. The lowest BCUT2D eigenvalue weighted by Gasteiger charge is -2.24. The molecule has 2 heterocycles. The molecule has 0 radical (unpaired) electrons. The Bertz CT molecular complexity index is 586. The second-order valence-electron chi connectivity index (χ2n) is 5.15. The molecule has 0 fully saturated rings. The minimum Gasteiger partial charge on any atom is -0.324 e. The summed E-state index contributed by atoms with van der Waals surface area (Å²) in [7, 11) is 0. The zero-order chi connectivity index (χ0) is 12.7. The molecule has 0 spiro atoms. The van der Waals surface area contributed by atoms with Crippen LogP contribution in [0.25, 0.3) is 11.4 Å². The standard InChI is InChI=1S/C15H17ClN2/c1-10-5-3-7-12(9-10)15-17-14(16)13-8-4-6-11(2)18(13)15/h3,5,7,9,11H,4,6,8H2,1-2H3. The first-order valence-electron chi connectivity index (χ1n) is 6.50. The number of rotatable bonds is 1. The highest BCUT2D eigenvalue weighted by Gasteiger charge is 2.24. The van der Waals surface area contributed by atoms with Crippen LogP contribution in [0.1, 0.15) is 37.1 Å². The molecule has 1 aliphatic rings. The molecule has 94 valence electrons. The van der Waals surface area contributed by atoms with Gasteiger partial charge in [-0.15, -0.1) is 0 Å². The maximum Gasteiger partial charge on any atom is 0.150 e. The Morgan fingerprint density at radius 1 is 1.39 bits per heavy atom. The van der Waals surface area contributed by atoms with Gasteiger partial charge in [0.2, 0.25) is 0 Å². The first kappa shape index (κ1) is 11.8. The molecule has 1 unspecified atom stereocenters. The molecule has 2 aromatic rings. The van der Waals surface area contributed by atoms with Crippen LogP contribution in [0.4, 0.5) is 0 Å². The summed E-state index contributed by atoms with van der Waals surface area (Å²) in [6, 6.07) is 8.96. The second kappa shape index (κ2) is 4.43. The lowest BCUT2D eigenvalue weighted by Crippen LogP contribution is -2.15. The van der Waals surface area contributed by atoms with Crippen molar-refractivity contribution in [2.45, 2.75) is 39.2 Å². The molecule has 1 aromatic heterocycles. The summed E-state index contributed by atoms with van der Waals surface area (Å²) in [6.45, 7) is 4.36. The van der Waals surface area contributed by atoms with E-state index in [1.54, 1.807) is 0 Å². The van der Waals surface area contributed by atoms with Crippen molar-refractivity contribution in [1.82, 2.24) is 9.55 Å². The molecule has 1 atom stereocenters. The number of aryl methyl sites for hydroxylation is 1. The minimum atomic E-state index is 0.490. The largest absolute Gasteiger partial charge is 0.324 e. The smallest absolute Gasteiger partial charge is 0.150 e. The highest BCUT2D eigenvalue weighted by molar-refractivity contribution is 6.30. The molecule has 1 aliphatic heterocycles. The summed E-state index contributed by atoms with van der Waals surface area (Å²) >= 11 is 6.29. The van der Waals surface area contributed by atoms with Crippen molar-refractivity contribution in [1.29, 1.82) is 0 Å². The van der Waals surface area contributed by atoms with Gasteiger partial charge in [0, 0.05) is 11.6 Å². The van der Waals surface area contributed by atoms with Gasteiger partial charge in [0.05, 0.1) is 5.69 Å². The van der Waals surface area contributed by atoms with Gasteiger partial charge in [-0.1, -0.05) is 35.4 Å². The lowest BCUT2D eigenvalue weighted by molar-refractivity contribution is 0.436. The Labute approximate surface area is 113 Å². The van der Waals surface area contributed by atoms with Crippen LogP contribution in [-0.4, -0.2) is 9.55 Å². The van der Waals surface area contributed by atoms with Gasteiger partial charge in [-0.3, -0.25) is 0 Å². The molecule has 3 rings (SSSR count). The van der Waals surface area contributed by atoms with E-state index in [2.05, 4.69) is 47.7 Å². The average molecular weight is 261 g/mol. The van der Waals surface area contributed by atoms with Gasteiger partial charge in [-0.2, -0.15) is 0 Å². The average Bonchev–Trinajstić information content (AvgIpc) is 2.69. The third-order valence-electron chi connectivity index (χ3n) is 3.71. The predicted octanol–water partition coefficient (Wildman–Crippen LogP) is 4.41. The van der Waals surface area contributed by atoms with Gasteiger partial charge < -0.3 is 4.57 Å². The van der Waals surface area contributed by atoms with E-state index in [9.17, 15) is 0 Å². The van der Waals surface area contributed by atoms with E-state index in [4.69, 9.17) is 11.6 Å². The van der Waals surface area contributed by atoms with Crippen LogP contribution < -0.4 is 0 Å². The molecule has 0 aliphatic carbocycles. The van der Waals surface area contributed by atoms with E-state index in [0.717, 1.165) is 17.8 Å². The maximum atomic E-state index is 6.29. The monoisotopic (exact) mass is 260 g/mol. The Morgan fingerprint density at radius 2 is 2.22 bits per heavy atom. The van der Waals surface area contributed by atoms with E-state index < -0.39 is 0 Å². The number of hydrogen-bond acceptors (Lipinski definition) is 1. The number of halogens is 1. The van der Waals surface area contributed by atoms with Gasteiger partial charge in [0.15, 0.2) is 5.15 Å². The summed E-state index contributed by atoms with van der Waals surface area (Å²) in [5.74, 6) is 1.02. The lowest BCUT2D eigenvalue weighted by atomic mass is 10.0. The van der Waals surface area contributed by atoms with Crippen LogP contribution in [0.2, 0.25) is 5.15 Å². The van der Waals surface area contributed by atoms with Crippen molar-refractivity contribution >= 4 is 11.6 Å². The topological polar surface area (TPSA) is 17.8 Å². The zero-order valence-corrected chi connectivity index (χ0v) is 11.5. The Balaban J connectivity index is 2.18. The SMILES string of the molecule is Cc1cccc(-c2nc(Cl)c3n2C(C)CCC3)c1. The van der Waals surface area contributed by atoms with E-state index >= 15 is 0 Å². The van der Waals surface area contributed by atoms with Crippen molar-refractivity contribution in [3.8, 4) is 11.4 Å². The third kappa shape index (κ3) is 1.85. The van der Waals surface area contributed by atoms with Crippen LogP contribution in [0.5, 0.6) is 0 Å². The van der Waals surface area contributed by atoms with E-state index in [-0.39, 0.29) is 0 Å². The summed E-state index contributed by atoms with van der Waals surface area (Å²) in [6.07, 6.45) is 3.46. The van der Waals surface area contributed by atoms with Crippen LogP contribution in [0.15, 0.2) is 24.3 Å². The summed E-state index contributed by atoms with van der Waals surface area (Å²) < 4.78 is 2.32. The number of nitrogens with zero attached hydrogens (tertiary/aromatic N) is 2. The Kier molecular flexibility index (Phi) is 2.90. The fourth-order valence-corrected chi connectivity index (χ4v) is 3.08. The quantitative estimate of drug-likeness (QED) is 0.743. The molecular formula is C15H17ClN2. The van der Waals surface area contributed by atoms with Crippen LogP contribution in [0, 0.1) is 6.92 Å². The molecule has 0 amide bonds. The highest BCUT2D eigenvalue weighted by atomic mass is 35.5. The van der Waals surface area contributed by atoms with Crippen molar-refractivity contribution in [2.24, 2.45) is 0 Å². The van der Waals surface area contributed by atoms with Crippen LogP contribution in [-0.2, 0) is 6.42 Å². The number of hydrogen-bond donors (Lipinski definition) is 0. The van der Waals surface area contributed by atoms with Gasteiger partial charge in [0.25, 0.3) is 0 Å². The number of imidazole rings is 1. The second-order valence-corrected chi connectivity index (χ2v) is 5.51. The fourth-order valence-electron chi connectivity index (χ4n) is 2.82. The maximum absolute atomic E-state index is 6.29. The van der Waals surface area contributed by atoms with E-state index in [1.807, 2.05) is 0 Å². The molecule has 0 saturated carbocycles.